The molecule has 1 atom stereocenters. The molecule has 1 aromatic carbocycles. The number of hydrogen-bond acceptors (Lipinski definition) is 5. The molecule has 152 valence electrons. The van der Waals surface area contributed by atoms with Gasteiger partial charge in [0.15, 0.2) is 0 Å². The molecule has 1 amide bonds. The normalized spacial score (nSPS) is 15.5. The maximum absolute atomic E-state index is 13.0. The van der Waals surface area contributed by atoms with E-state index in [2.05, 4.69) is 15.5 Å². The number of aryl methyl sites for hydroxylation is 1. The molecule has 0 saturated heterocycles. The summed E-state index contributed by atoms with van der Waals surface area (Å²) < 4.78 is 40.4. The summed E-state index contributed by atoms with van der Waals surface area (Å²) in [5, 5.41) is 11.9. The molecule has 0 radical (unpaired) electrons. The third-order valence-corrected chi connectivity index (χ3v) is 5.94. The predicted molar refractivity (Wildman–Crippen MR) is 99.3 cm³/mol. The Morgan fingerprint density at radius 2 is 2.07 bits per heavy atom. The molecule has 1 fully saturated rings. The van der Waals surface area contributed by atoms with Gasteiger partial charge in [-0.3, -0.25) is 4.79 Å². The van der Waals surface area contributed by atoms with Crippen LogP contribution in [0.25, 0.3) is 5.69 Å². The fraction of sp³-hybridized carbons (Fsp3) is 0.556. The molecule has 1 saturated carbocycles. The van der Waals surface area contributed by atoms with Crippen LogP contribution < -0.4 is 0 Å². The Labute approximate surface area is 165 Å². The van der Waals surface area contributed by atoms with Crippen molar-refractivity contribution in [3.63, 3.8) is 0 Å². The molecular formula is C18H22F3N5OS. The smallest absolute Gasteiger partial charge is 0.330 e. The lowest BCUT2D eigenvalue weighted by molar-refractivity contribution is -0.164. The molecule has 1 heterocycles. The van der Waals surface area contributed by atoms with Crippen molar-refractivity contribution in [1.29, 1.82) is 0 Å². The Morgan fingerprint density at radius 3 is 2.71 bits per heavy atom. The molecule has 10 heteroatoms. The molecule has 28 heavy (non-hydrogen) atoms. The highest BCUT2D eigenvalue weighted by Gasteiger charge is 2.40. The van der Waals surface area contributed by atoms with Crippen LogP contribution in [0.5, 0.6) is 0 Å². The van der Waals surface area contributed by atoms with Crippen LogP contribution in [0.2, 0.25) is 0 Å². The Morgan fingerprint density at radius 1 is 1.36 bits per heavy atom. The van der Waals surface area contributed by atoms with Crippen molar-refractivity contribution in [2.45, 2.75) is 51.0 Å². The highest BCUT2D eigenvalue weighted by atomic mass is 32.2. The van der Waals surface area contributed by atoms with E-state index in [0.29, 0.717) is 5.16 Å². The first-order valence-electron chi connectivity index (χ1n) is 9.01. The number of thioether (sulfide) groups is 1. The fourth-order valence-electron chi connectivity index (χ4n) is 3.08. The number of hydrogen-bond donors (Lipinski definition) is 0. The molecule has 0 aliphatic heterocycles. The van der Waals surface area contributed by atoms with Crippen LogP contribution >= 0.6 is 11.8 Å². The Kier molecular flexibility index (Phi) is 5.97. The topological polar surface area (TPSA) is 63.9 Å². The summed E-state index contributed by atoms with van der Waals surface area (Å²) in [6, 6.07) is 5.27. The maximum atomic E-state index is 13.0. The quantitative estimate of drug-likeness (QED) is 0.650. The van der Waals surface area contributed by atoms with Gasteiger partial charge in [0.05, 0.1) is 11.4 Å². The lowest BCUT2D eigenvalue weighted by Crippen LogP contribution is -2.46. The lowest BCUT2D eigenvalue weighted by atomic mass is 10.1. The zero-order valence-corrected chi connectivity index (χ0v) is 16.7. The molecular weight excluding hydrogens is 391 g/mol. The first kappa shape index (κ1) is 20.6. The predicted octanol–water partition coefficient (Wildman–Crippen LogP) is 3.56. The van der Waals surface area contributed by atoms with Crippen molar-refractivity contribution in [2.75, 3.05) is 12.3 Å². The number of carbonyl (C=O) groups is 1. The molecule has 1 aromatic heterocycles. The number of halogens is 3. The summed E-state index contributed by atoms with van der Waals surface area (Å²) in [7, 11) is 0. The van der Waals surface area contributed by atoms with Crippen molar-refractivity contribution in [2.24, 2.45) is 5.92 Å². The van der Waals surface area contributed by atoms with Gasteiger partial charge in [0.25, 0.3) is 0 Å². The third-order valence-electron chi connectivity index (χ3n) is 5.04. The number of alkyl halides is 3. The van der Waals surface area contributed by atoms with Gasteiger partial charge in [0, 0.05) is 6.04 Å². The molecule has 6 nitrogen and oxygen atoms in total. The summed E-state index contributed by atoms with van der Waals surface area (Å²) in [6.07, 6.45) is -2.70. The van der Waals surface area contributed by atoms with Crippen LogP contribution in [-0.2, 0) is 4.79 Å². The number of carbonyl (C=O) groups excluding carboxylic acids is 1. The number of rotatable bonds is 7. The van der Waals surface area contributed by atoms with Gasteiger partial charge >= 0.3 is 6.18 Å². The number of nitrogens with zero attached hydrogens (tertiary/aromatic N) is 5. The standard InChI is InChI=1S/C18H22F3N5OS/c1-11-5-4-6-15(12(11)2)26-17(22-23-24-26)28-9-16(27)25(10-18(19,20)21)13(3)14-7-8-14/h4-6,13-14H,7-10H2,1-3H3. The van der Waals surface area contributed by atoms with Crippen LogP contribution in [0.1, 0.15) is 30.9 Å². The summed E-state index contributed by atoms with van der Waals surface area (Å²) in [5.74, 6) is -0.563. The molecule has 1 aliphatic rings. The molecule has 0 bridgehead atoms. The van der Waals surface area contributed by atoms with Gasteiger partial charge in [-0.1, -0.05) is 23.9 Å². The van der Waals surface area contributed by atoms with E-state index in [4.69, 9.17) is 0 Å². The van der Waals surface area contributed by atoms with Crippen molar-refractivity contribution < 1.29 is 18.0 Å². The van der Waals surface area contributed by atoms with E-state index >= 15 is 0 Å². The van der Waals surface area contributed by atoms with Gasteiger partial charge in [-0.15, -0.1) is 5.10 Å². The van der Waals surface area contributed by atoms with Crippen molar-refractivity contribution in [3.05, 3.63) is 29.3 Å². The van der Waals surface area contributed by atoms with E-state index in [1.807, 2.05) is 32.0 Å². The van der Waals surface area contributed by atoms with Crippen molar-refractivity contribution >= 4 is 17.7 Å². The van der Waals surface area contributed by atoms with E-state index in [0.717, 1.165) is 46.3 Å². The van der Waals surface area contributed by atoms with Gasteiger partial charge in [-0.2, -0.15) is 17.9 Å². The third kappa shape index (κ3) is 4.84. The highest BCUT2D eigenvalue weighted by molar-refractivity contribution is 7.99. The first-order chi connectivity index (χ1) is 13.2. The number of benzene rings is 1. The van der Waals surface area contributed by atoms with Crippen molar-refractivity contribution in [3.8, 4) is 5.69 Å². The van der Waals surface area contributed by atoms with Crippen LogP contribution in [0, 0.1) is 19.8 Å². The monoisotopic (exact) mass is 413 g/mol. The Balaban J connectivity index is 1.73. The van der Waals surface area contributed by atoms with E-state index in [1.54, 1.807) is 6.92 Å². The first-order valence-corrected chi connectivity index (χ1v) is 10.00. The average Bonchev–Trinajstić information content (AvgIpc) is 3.37. The highest BCUT2D eigenvalue weighted by Crippen LogP contribution is 2.36. The zero-order chi connectivity index (χ0) is 20.5. The number of aromatic nitrogens is 4. The molecule has 0 N–H and O–H groups in total. The Hall–Kier alpha value is -2.10. The van der Waals surface area contributed by atoms with Crippen molar-refractivity contribution in [1.82, 2.24) is 25.1 Å². The zero-order valence-electron chi connectivity index (χ0n) is 15.9. The molecule has 1 aliphatic carbocycles. The van der Waals surface area contributed by atoms with E-state index in [-0.39, 0.29) is 11.7 Å². The minimum atomic E-state index is -4.43. The van der Waals surface area contributed by atoms with Gasteiger partial charge < -0.3 is 4.90 Å². The largest absolute Gasteiger partial charge is 0.406 e. The second-order valence-electron chi connectivity index (χ2n) is 7.10. The van der Waals surface area contributed by atoms with E-state index < -0.39 is 24.7 Å². The van der Waals surface area contributed by atoms with Crippen LogP contribution in [-0.4, -0.2) is 55.5 Å². The van der Waals surface area contributed by atoms with E-state index in [1.165, 1.54) is 4.68 Å². The molecule has 2 aromatic rings. The maximum Gasteiger partial charge on any atom is 0.406 e. The van der Waals surface area contributed by atoms with Gasteiger partial charge in [-0.05, 0) is 67.2 Å². The minimum absolute atomic E-state index is 0.150. The fourth-order valence-corrected chi connectivity index (χ4v) is 3.85. The SMILES string of the molecule is Cc1cccc(-n2nnnc2SCC(=O)N(CC(F)(F)F)C(C)C2CC2)c1C. The van der Waals surface area contributed by atoms with Gasteiger partial charge in [-0.25, -0.2) is 0 Å². The molecule has 0 spiro atoms. The summed E-state index contributed by atoms with van der Waals surface area (Å²) in [5.41, 5.74) is 2.83. The number of amides is 1. The summed E-state index contributed by atoms with van der Waals surface area (Å²) >= 11 is 1.04. The minimum Gasteiger partial charge on any atom is -0.330 e. The van der Waals surface area contributed by atoms with Gasteiger partial charge in [0.1, 0.15) is 6.54 Å². The van der Waals surface area contributed by atoms with Crippen LogP contribution in [0.4, 0.5) is 13.2 Å². The second kappa shape index (κ2) is 8.10. The summed E-state index contributed by atoms with van der Waals surface area (Å²) in [6.45, 7) is 4.36. The number of tetrazole rings is 1. The van der Waals surface area contributed by atoms with Crippen LogP contribution in [0.3, 0.4) is 0 Å². The lowest BCUT2D eigenvalue weighted by Gasteiger charge is -2.30. The average molecular weight is 413 g/mol. The van der Waals surface area contributed by atoms with Crippen LogP contribution in [0.15, 0.2) is 23.4 Å². The molecule has 3 rings (SSSR count). The second-order valence-corrected chi connectivity index (χ2v) is 8.04. The van der Waals surface area contributed by atoms with Gasteiger partial charge in [0.2, 0.25) is 11.1 Å². The molecule has 1 unspecified atom stereocenters. The van der Waals surface area contributed by atoms with E-state index in [9.17, 15) is 18.0 Å². The Bertz CT molecular complexity index is 850. The summed E-state index contributed by atoms with van der Waals surface area (Å²) in [4.78, 5) is 13.5.